The van der Waals surface area contributed by atoms with Crippen molar-refractivity contribution < 1.29 is 0 Å². The molecule has 3 aromatic rings. The van der Waals surface area contributed by atoms with Gasteiger partial charge in [-0.25, -0.2) is 0 Å². The van der Waals surface area contributed by atoms with E-state index in [9.17, 15) is 0 Å². The molecule has 1 N–H and O–H groups in total. The Labute approximate surface area is 157 Å². The Kier molecular flexibility index (Phi) is 4.84. The van der Waals surface area contributed by atoms with Crippen molar-refractivity contribution in [1.29, 1.82) is 0 Å². The van der Waals surface area contributed by atoms with Gasteiger partial charge in [0.1, 0.15) is 5.84 Å². The van der Waals surface area contributed by atoms with Gasteiger partial charge in [-0.3, -0.25) is 9.98 Å². The Hall–Kier alpha value is -2.85. The topological polar surface area (TPSA) is 36.8 Å². The maximum atomic E-state index is 4.89. The Morgan fingerprint density at radius 3 is 2.31 bits per heavy atom. The maximum Gasteiger partial charge on any atom is 0.106 e. The van der Waals surface area contributed by atoms with Gasteiger partial charge in [0.2, 0.25) is 0 Å². The van der Waals surface area contributed by atoms with Crippen molar-refractivity contribution in [2.75, 3.05) is 12.4 Å². The fourth-order valence-electron chi connectivity index (χ4n) is 2.86. The minimum Gasteiger partial charge on any atom is -0.342 e. The SMILES string of the molecule is CN=C1CC(c2ccc(Sc3ccccc3)cc2)=Nc2ccccc2N1. The standard InChI is InChI=1S/C22H19N3S/c1-23-22-15-21(24-19-9-5-6-10-20(19)25-22)16-11-13-18(14-12-16)26-17-7-3-2-4-8-17/h2-14H,15H2,1H3,(H,23,25). The van der Waals surface area contributed by atoms with Gasteiger partial charge in [0, 0.05) is 23.3 Å². The van der Waals surface area contributed by atoms with Crippen LogP contribution in [0.3, 0.4) is 0 Å². The Morgan fingerprint density at radius 2 is 1.54 bits per heavy atom. The van der Waals surface area contributed by atoms with Crippen molar-refractivity contribution >= 4 is 34.7 Å². The molecule has 0 saturated heterocycles. The third-order valence-electron chi connectivity index (χ3n) is 4.21. The highest BCUT2D eigenvalue weighted by molar-refractivity contribution is 7.99. The average Bonchev–Trinajstić information content (AvgIpc) is 2.88. The summed E-state index contributed by atoms with van der Waals surface area (Å²) >= 11 is 1.76. The lowest BCUT2D eigenvalue weighted by atomic mass is 10.1. The molecule has 0 radical (unpaired) electrons. The van der Waals surface area contributed by atoms with Crippen LogP contribution in [0.4, 0.5) is 11.4 Å². The Balaban J connectivity index is 1.63. The van der Waals surface area contributed by atoms with Gasteiger partial charge in [-0.15, -0.1) is 0 Å². The van der Waals surface area contributed by atoms with Crippen molar-refractivity contribution in [1.82, 2.24) is 0 Å². The van der Waals surface area contributed by atoms with Gasteiger partial charge in [0.25, 0.3) is 0 Å². The van der Waals surface area contributed by atoms with Gasteiger partial charge in [-0.1, -0.05) is 54.2 Å². The quantitative estimate of drug-likeness (QED) is 0.643. The van der Waals surface area contributed by atoms with Gasteiger partial charge in [-0.05, 0) is 42.0 Å². The fraction of sp³-hybridized carbons (Fsp3) is 0.0909. The number of hydrogen-bond donors (Lipinski definition) is 1. The highest BCUT2D eigenvalue weighted by Gasteiger charge is 2.15. The van der Waals surface area contributed by atoms with Crippen molar-refractivity contribution in [2.45, 2.75) is 16.2 Å². The number of nitrogens with one attached hydrogen (secondary N) is 1. The van der Waals surface area contributed by atoms with Crippen molar-refractivity contribution in [2.24, 2.45) is 9.98 Å². The highest BCUT2D eigenvalue weighted by Crippen LogP contribution is 2.30. The summed E-state index contributed by atoms with van der Waals surface area (Å²) in [4.78, 5) is 11.7. The van der Waals surface area contributed by atoms with E-state index in [4.69, 9.17) is 4.99 Å². The molecule has 0 saturated carbocycles. The van der Waals surface area contributed by atoms with Crippen LogP contribution in [-0.4, -0.2) is 18.6 Å². The molecule has 0 unspecified atom stereocenters. The summed E-state index contributed by atoms with van der Waals surface area (Å²) in [6, 6.07) is 27.1. The maximum absolute atomic E-state index is 4.89. The molecule has 0 spiro atoms. The van der Waals surface area contributed by atoms with E-state index in [1.165, 1.54) is 9.79 Å². The number of rotatable bonds is 3. The number of benzene rings is 3. The average molecular weight is 357 g/mol. The third kappa shape index (κ3) is 3.70. The zero-order valence-electron chi connectivity index (χ0n) is 14.5. The van der Waals surface area contributed by atoms with Gasteiger partial charge in [-0.2, -0.15) is 0 Å². The van der Waals surface area contributed by atoms with Crippen molar-refractivity contribution in [3.05, 3.63) is 84.4 Å². The molecule has 4 heteroatoms. The summed E-state index contributed by atoms with van der Waals surface area (Å²) in [5.41, 5.74) is 4.10. The van der Waals surface area contributed by atoms with E-state index in [0.717, 1.165) is 28.5 Å². The predicted octanol–water partition coefficient (Wildman–Crippen LogP) is 5.80. The molecular formula is C22H19N3S. The Bertz CT molecular complexity index is 960. The number of nitrogens with zero attached hydrogens (tertiary/aromatic N) is 2. The number of aliphatic imine (C=N–C) groups is 2. The first-order valence-electron chi connectivity index (χ1n) is 8.54. The molecule has 3 nitrogen and oxygen atoms in total. The number of anilines is 1. The second-order valence-corrected chi connectivity index (χ2v) is 7.13. The summed E-state index contributed by atoms with van der Waals surface area (Å²) in [5, 5.41) is 3.38. The molecule has 1 heterocycles. The normalized spacial score (nSPS) is 15.0. The second-order valence-electron chi connectivity index (χ2n) is 5.99. The van der Waals surface area contributed by atoms with E-state index in [-0.39, 0.29) is 0 Å². The van der Waals surface area contributed by atoms with E-state index in [2.05, 4.69) is 58.8 Å². The first-order valence-corrected chi connectivity index (χ1v) is 9.36. The molecule has 0 aliphatic carbocycles. The zero-order chi connectivity index (χ0) is 17.8. The monoisotopic (exact) mass is 357 g/mol. The van der Waals surface area contributed by atoms with Crippen molar-refractivity contribution in [3.63, 3.8) is 0 Å². The molecule has 128 valence electrons. The molecule has 0 atom stereocenters. The van der Waals surface area contributed by atoms with E-state index in [1.807, 2.05) is 37.4 Å². The van der Waals surface area contributed by atoms with Gasteiger partial charge in [0.05, 0.1) is 17.1 Å². The van der Waals surface area contributed by atoms with Crippen LogP contribution in [0.25, 0.3) is 0 Å². The van der Waals surface area contributed by atoms with Crippen LogP contribution in [0.15, 0.2) is 98.6 Å². The van der Waals surface area contributed by atoms with Crippen LogP contribution in [-0.2, 0) is 0 Å². The lowest BCUT2D eigenvalue weighted by Crippen LogP contribution is -2.15. The summed E-state index contributed by atoms with van der Waals surface area (Å²) in [6.07, 6.45) is 0.691. The highest BCUT2D eigenvalue weighted by atomic mass is 32.2. The number of amidine groups is 1. The minimum atomic E-state index is 0.691. The lowest BCUT2D eigenvalue weighted by Gasteiger charge is -2.08. The smallest absolute Gasteiger partial charge is 0.106 e. The fourth-order valence-corrected chi connectivity index (χ4v) is 3.70. The molecule has 0 bridgehead atoms. The third-order valence-corrected chi connectivity index (χ3v) is 5.23. The van der Waals surface area contributed by atoms with Gasteiger partial charge in [0.15, 0.2) is 0 Å². The van der Waals surface area contributed by atoms with Gasteiger partial charge >= 0.3 is 0 Å². The van der Waals surface area contributed by atoms with Crippen LogP contribution in [0.1, 0.15) is 12.0 Å². The lowest BCUT2D eigenvalue weighted by molar-refractivity contribution is 1.35. The molecule has 1 aliphatic rings. The predicted molar refractivity (Wildman–Crippen MR) is 111 cm³/mol. The van der Waals surface area contributed by atoms with E-state index < -0.39 is 0 Å². The van der Waals surface area contributed by atoms with Gasteiger partial charge < -0.3 is 5.32 Å². The summed E-state index contributed by atoms with van der Waals surface area (Å²) < 4.78 is 0. The molecular weight excluding hydrogens is 338 g/mol. The van der Waals surface area contributed by atoms with Crippen LogP contribution < -0.4 is 5.32 Å². The Morgan fingerprint density at radius 1 is 0.846 bits per heavy atom. The molecule has 0 fully saturated rings. The van der Waals surface area contributed by atoms with E-state index in [1.54, 1.807) is 11.8 Å². The summed E-state index contributed by atoms with van der Waals surface area (Å²) in [6.45, 7) is 0. The summed E-state index contributed by atoms with van der Waals surface area (Å²) in [7, 11) is 1.81. The molecule has 0 aromatic heterocycles. The van der Waals surface area contributed by atoms with Crippen molar-refractivity contribution in [3.8, 4) is 0 Å². The summed E-state index contributed by atoms with van der Waals surface area (Å²) in [5.74, 6) is 0.927. The molecule has 4 rings (SSSR count). The molecule has 3 aromatic carbocycles. The van der Waals surface area contributed by atoms with Crippen LogP contribution in [0.2, 0.25) is 0 Å². The molecule has 0 amide bonds. The second kappa shape index (κ2) is 7.58. The largest absolute Gasteiger partial charge is 0.342 e. The number of hydrogen-bond acceptors (Lipinski definition) is 3. The first kappa shape index (κ1) is 16.6. The molecule has 1 aliphatic heterocycles. The number of fused-ring (bicyclic) bond motifs is 1. The first-order chi connectivity index (χ1) is 12.8. The van der Waals surface area contributed by atoms with Crippen LogP contribution >= 0.6 is 11.8 Å². The van der Waals surface area contributed by atoms with Crippen LogP contribution in [0.5, 0.6) is 0 Å². The minimum absolute atomic E-state index is 0.691. The van der Waals surface area contributed by atoms with Crippen LogP contribution in [0, 0.1) is 0 Å². The van der Waals surface area contributed by atoms with E-state index in [0.29, 0.717) is 6.42 Å². The number of para-hydroxylation sites is 2. The van der Waals surface area contributed by atoms with E-state index >= 15 is 0 Å². The molecule has 26 heavy (non-hydrogen) atoms. The zero-order valence-corrected chi connectivity index (χ0v) is 15.3.